The highest BCUT2D eigenvalue weighted by Gasteiger charge is 2.20. The van der Waals surface area contributed by atoms with Crippen molar-refractivity contribution in [2.75, 3.05) is 13.1 Å². The molecule has 4 heteroatoms. The molecule has 1 aliphatic heterocycles. The molecule has 1 aromatic heterocycles. The number of ether oxygens (including phenoxy) is 1. The van der Waals surface area contributed by atoms with E-state index in [1.807, 2.05) is 44.2 Å². The van der Waals surface area contributed by atoms with Crippen LogP contribution in [0.2, 0.25) is 0 Å². The van der Waals surface area contributed by atoms with E-state index in [4.69, 9.17) is 4.74 Å². The summed E-state index contributed by atoms with van der Waals surface area (Å²) in [5.41, 5.74) is 2.05. The van der Waals surface area contributed by atoms with Gasteiger partial charge in [-0.25, -0.2) is 4.98 Å². The molecular formula is C16H19N3O. The Morgan fingerprint density at radius 3 is 2.80 bits per heavy atom. The third-order valence-corrected chi connectivity index (χ3v) is 3.58. The second-order valence-corrected chi connectivity index (χ2v) is 5.26. The fourth-order valence-corrected chi connectivity index (χ4v) is 2.46. The fourth-order valence-electron chi connectivity index (χ4n) is 2.46. The first-order valence-electron chi connectivity index (χ1n) is 7.02. The lowest BCUT2D eigenvalue weighted by Crippen LogP contribution is -2.11. The smallest absolute Gasteiger partial charge is 0.222 e. The van der Waals surface area contributed by atoms with Crippen LogP contribution >= 0.6 is 0 Å². The summed E-state index contributed by atoms with van der Waals surface area (Å²) in [5.74, 6) is 2.77. The lowest BCUT2D eigenvalue weighted by atomic mass is 10.1. The average Bonchev–Trinajstić information content (AvgIpc) is 2.95. The first kappa shape index (κ1) is 13.1. The maximum Gasteiger partial charge on any atom is 0.222 e. The number of hydrogen-bond donors (Lipinski definition) is 1. The SMILES string of the molecule is Cc1cc(Oc2ccccc2C)nc([C@H]2CCNC2)n1. The molecule has 0 aliphatic carbocycles. The van der Waals surface area contributed by atoms with Crippen LogP contribution < -0.4 is 10.1 Å². The zero-order chi connectivity index (χ0) is 13.9. The van der Waals surface area contributed by atoms with E-state index in [1.54, 1.807) is 0 Å². The molecular weight excluding hydrogens is 250 g/mol. The molecule has 1 fully saturated rings. The Morgan fingerprint density at radius 2 is 2.05 bits per heavy atom. The number of nitrogens with one attached hydrogen (secondary N) is 1. The van der Waals surface area contributed by atoms with Gasteiger partial charge in [0.2, 0.25) is 5.88 Å². The van der Waals surface area contributed by atoms with E-state index in [0.29, 0.717) is 11.8 Å². The molecule has 0 saturated carbocycles. The van der Waals surface area contributed by atoms with Crippen molar-refractivity contribution >= 4 is 0 Å². The van der Waals surface area contributed by atoms with E-state index in [9.17, 15) is 0 Å². The Labute approximate surface area is 119 Å². The molecule has 1 aromatic carbocycles. The molecule has 0 spiro atoms. The number of benzene rings is 1. The average molecular weight is 269 g/mol. The molecule has 104 valence electrons. The Kier molecular flexibility index (Phi) is 3.65. The van der Waals surface area contributed by atoms with Gasteiger partial charge in [0.25, 0.3) is 0 Å². The second-order valence-electron chi connectivity index (χ2n) is 5.26. The lowest BCUT2D eigenvalue weighted by molar-refractivity contribution is 0.451. The van der Waals surface area contributed by atoms with Crippen molar-refractivity contribution in [3.8, 4) is 11.6 Å². The van der Waals surface area contributed by atoms with Crippen molar-refractivity contribution in [3.63, 3.8) is 0 Å². The summed E-state index contributed by atoms with van der Waals surface area (Å²) in [5, 5.41) is 3.35. The van der Waals surface area contributed by atoms with E-state index < -0.39 is 0 Å². The number of aromatic nitrogens is 2. The second kappa shape index (κ2) is 5.59. The number of hydrogen-bond acceptors (Lipinski definition) is 4. The van der Waals surface area contributed by atoms with Gasteiger partial charge in [-0.2, -0.15) is 4.98 Å². The highest BCUT2D eigenvalue weighted by Crippen LogP contribution is 2.26. The first-order chi connectivity index (χ1) is 9.72. The number of para-hydroxylation sites is 1. The van der Waals surface area contributed by atoms with Crippen LogP contribution in [0.15, 0.2) is 30.3 Å². The van der Waals surface area contributed by atoms with E-state index >= 15 is 0 Å². The van der Waals surface area contributed by atoms with Gasteiger partial charge in [-0.15, -0.1) is 0 Å². The zero-order valence-electron chi connectivity index (χ0n) is 11.9. The van der Waals surface area contributed by atoms with Gasteiger partial charge in [0, 0.05) is 24.2 Å². The van der Waals surface area contributed by atoms with Gasteiger partial charge in [-0.1, -0.05) is 18.2 Å². The minimum Gasteiger partial charge on any atom is -0.439 e. The molecule has 0 radical (unpaired) electrons. The minimum absolute atomic E-state index is 0.397. The maximum atomic E-state index is 5.92. The standard InChI is InChI=1S/C16H19N3O/c1-11-5-3-4-6-14(11)20-15-9-12(2)18-16(19-15)13-7-8-17-10-13/h3-6,9,13,17H,7-8,10H2,1-2H3/t13-/m0/s1. The lowest BCUT2D eigenvalue weighted by Gasteiger charge is -2.12. The highest BCUT2D eigenvalue weighted by atomic mass is 16.5. The van der Waals surface area contributed by atoms with Gasteiger partial charge in [-0.05, 0) is 38.4 Å². The van der Waals surface area contributed by atoms with Gasteiger partial charge in [0.15, 0.2) is 0 Å². The summed E-state index contributed by atoms with van der Waals surface area (Å²) in [4.78, 5) is 9.13. The van der Waals surface area contributed by atoms with Gasteiger partial charge in [0.05, 0.1) is 0 Å². The first-order valence-corrected chi connectivity index (χ1v) is 7.02. The summed E-state index contributed by atoms with van der Waals surface area (Å²) in [7, 11) is 0. The molecule has 2 aromatic rings. The van der Waals surface area contributed by atoms with E-state index in [-0.39, 0.29) is 0 Å². The van der Waals surface area contributed by atoms with Gasteiger partial charge in [-0.3, -0.25) is 0 Å². The third kappa shape index (κ3) is 2.80. The summed E-state index contributed by atoms with van der Waals surface area (Å²) in [6, 6.07) is 9.86. The van der Waals surface area contributed by atoms with Crippen LogP contribution in [0.25, 0.3) is 0 Å². The van der Waals surface area contributed by atoms with Crippen LogP contribution in [-0.4, -0.2) is 23.1 Å². The number of rotatable bonds is 3. The summed E-state index contributed by atoms with van der Waals surface area (Å²) in [6.45, 7) is 6.01. The summed E-state index contributed by atoms with van der Waals surface area (Å²) in [6.07, 6.45) is 1.09. The van der Waals surface area contributed by atoms with Crippen molar-refractivity contribution in [1.82, 2.24) is 15.3 Å². The monoisotopic (exact) mass is 269 g/mol. The van der Waals surface area contributed by atoms with Gasteiger partial charge in [0.1, 0.15) is 11.6 Å². The van der Waals surface area contributed by atoms with E-state index in [0.717, 1.165) is 42.3 Å². The Balaban J connectivity index is 1.88. The molecule has 20 heavy (non-hydrogen) atoms. The topological polar surface area (TPSA) is 47.0 Å². The largest absolute Gasteiger partial charge is 0.439 e. The highest BCUT2D eigenvalue weighted by molar-refractivity contribution is 5.35. The van der Waals surface area contributed by atoms with Gasteiger partial charge < -0.3 is 10.1 Å². The Bertz CT molecular complexity index is 606. The molecule has 1 atom stereocenters. The molecule has 1 saturated heterocycles. The van der Waals surface area contributed by atoms with Crippen molar-refractivity contribution < 1.29 is 4.74 Å². The van der Waals surface area contributed by atoms with Crippen molar-refractivity contribution in [3.05, 3.63) is 47.4 Å². The molecule has 4 nitrogen and oxygen atoms in total. The minimum atomic E-state index is 0.397. The number of nitrogens with zero attached hydrogens (tertiary/aromatic N) is 2. The fraction of sp³-hybridized carbons (Fsp3) is 0.375. The van der Waals surface area contributed by atoms with E-state index in [1.165, 1.54) is 0 Å². The van der Waals surface area contributed by atoms with Crippen LogP contribution in [-0.2, 0) is 0 Å². The summed E-state index contributed by atoms with van der Waals surface area (Å²) < 4.78 is 5.92. The normalized spacial score (nSPS) is 18.2. The van der Waals surface area contributed by atoms with Gasteiger partial charge >= 0.3 is 0 Å². The third-order valence-electron chi connectivity index (χ3n) is 3.58. The Hall–Kier alpha value is -1.94. The maximum absolute atomic E-state index is 5.92. The van der Waals surface area contributed by atoms with Crippen molar-refractivity contribution in [1.29, 1.82) is 0 Å². The molecule has 1 N–H and O–H groups in total. The van der Waals surface area contributed by atoms with E-state index in [2.05, 4.69) is 15.3 Å². The Morgan fingerprint density at radius 1 is 1.20 bits per heavy atom. The molecule has 0 amide bonds. The predicted octanol–water partition coefficient (Wildman–Crippen LogP) is 2.96. The predicted molar refractivity (Wildman–Crippen MR) is 78.2 cm³/mol. The molecule has 0 unspecified atom stereocenters. The van der Waals surface area contributed by atoms with Crippen molar-refractivity contribution in [2.24, 2.45) is 0 Å². The number of aryl methyl sites for hydroxylation is 2. The van der Waals surface area contributed by atoms with Crippen LogP contribution in [0.1, 0.15) is 29.4 Å². The molecule has 2 heterocycles. The molecule has 3 rings (SSSR count). The van der Waals surface area contributed by atoms with Crippen LogP contribution in [0.5, 0.6) is 11.6 Å². The molecule has 0 bridgehead atoms. The molecule has 1 aliphatic rings. The quantitative estimate of drug-likeness (QED) is 0.930. The summed E-state index contributed by atoms with van der Waals surface area (Å²) >= 11 is 0. The van der Waals surface area contributed by atoms with Crippen LogP contribution in [0.3, 0.4) is 0 Å². The van der Waals surface area contributed by atoms with Crippen LogP contribution in [0.4, 0.5) is 0 Å². The van der Waals surface area contributed by atoms with Crippen LogP contribution in [0, 0.1) is 13.8 Å². The van der Waals surface area contributed by atoms with Crippen molar-refractivity contribution in [2.45, 2.75) is 26.2 Å². The zero-order valence-corrected chi connectivity index (χ0v) is 11.9.